The third-order valence-corrected chi connectivity index (χ3v) is 5.93. The summed E-state index contributed by atoms with van der Waals surface area (Å²) in [5.41, 5.74) is 11.5. The van der Waals surface area contributed by atoms with Crippen LogP contribution in [0.3, 0.4) is 0 Å². The third kappa shape index (κ3) is 3.03. The van der Waals surface area contributed by atoms with Crippen LogP contribution in [0.15, 0.2) is 54.9 Å². The van der Waals surface area contributed by atoms with Crippen LogP contribution in [-0.4, -0.2) is 29.3 Å². The molecule has 8 nitrogen and oxygen atoms in total. The molecule has 0 bridgehead atoms. The van der Waals surface area contributed by atoms with Gasteiger partial charge in [0.05, 0.1) is 11.1 Å². The maximum atomic E-state index is 13.6. The first-order chi connectivity index (χ1) is 16.1. The van der Waals surface area contributed by atoms with Crippen molar-refractivity contribution in [3.05, 3.63) is 77.5 Å². The molecule has 1 aromatic carbocycles. The number of nitrogen functional groups attached to an aromatic ring is 1. The minimum absolute atomic E-state index is 0.300. The van der Waals surface area contributed by atoms with Gasteiger partial charge >= 0.3 is 0 Å². The lowest BCUT2D eigenvalue weighted by atomic mass is 10.1. The van der Waals surface area contributed by atoms with E-state index in [0.717, 1.165) is 24.9 Å². The van der Waals surface area contributed by atoms with E-state index in [2.05, 4.69) is 28.3 Å². The van der Waals surface area contributed by atoms with E-state index in [1.54, 1.807) is 18.3 Å². The fraction of sp³-hybridized carbons (Fsp3) is 0.125. The average Bonchev–Trinajstić information content (AvgIpc) is 3.56. The molecule has 6 rings (SSSR count). The van der Waals surface area contributed by atoms with E-state index in [4.69, 9.17) is 15.7 Å². The minimum atomic E-state index is -0.633. The van der Waals surface area contributed by atoms with Gasteiger partial charge in [0.2, 0.25) is 5.95 Å². The van der Waals surface area contributed by atoms with E-state index in [1.165, 1.54) is 28.1 Å². The highest BCUT2D eigenvalue weighted by Gasteiger charge is 2.22. The molecule has 4 heterocycles. The first-order valence-corrected chi connectivity index (χ1v) is 10.5. The molecule has 33 heavy (non-hydrogen) atoms. The summed E-state index contributed by atoms with van der Waals surface area (Å²) in [4.78, 5) is 13.7. The Hall–Kier alpha value is -4.58. The number of nitrogens with two attached hydrogens (primary N) is 1. The van der Waals surface area contributed by atoms with Gasteiger partial charge in [0.25, 0.3) is 0 Å². The number of hydrogen-bond donors (Lipinski definition) is 1. The molecule has 0 aliphatic heterocycles. The quantitative estimate of drug-likeness (QED) is 0.461. The van der Waals surface area contributed by atoms with Crippen molar-refractivity contribution in [2.45, 2.75) is 19.3 Å². The summed E-state index contributed by atoms with van der Waals surface area (Å²) >= 11 is 0. The number of hydrogen-bond acceptors (Lipinski definition) is 6. The second-order valence-corrected chi connectivity index (χ2v) is 7.91. The second-order valence-electron chi connectivity index (χ2n) is 7.91. The minimum Gasteiger partial charge on any atom is -0.383 e. The Bertz CT molecular complexity index is 1590. The van der Waals surface area contributed by atoms with Crippen LogP contribution in [0.5, 0.6) is 0 Å². The number of pyridine rings is 2. The molecule has 160 valence electrons. The van der Waals surface area contributed by atoms with Crippen LogP contribution in [-0.2, 0) is 12.8 Å². The predicted octanol–water partition coefficient (Wildman–Crippen LogP) is 3.75. The number of halogens is 1. The molecule has 2 N–H and O–H groups in total. The maximum absolute atomic E-state index is 13.6. The van der Waals surface area contributed by atoms with Crippen LogP contribution in [0.1, 0.15) is 23.1 Å². The fourth-order valence-corrected chi connectivity index (χ4v) is 4.40. The van der Waals surface area contributed by atoms with Crippen molar-refractivity contribution in [3.63, 3.8) is 0 Å². The highest BCUT2D eigenvalue weighted by atomic mass is 19.1. The van der Waals surface area contributed by atoms with Gasteiger partial charge in [0, 0.05) is 30.2 Å². The van der Waals surface area contributed by atoms with Crippen molar-refractivity contribution < 1.29 is 4.39 Å². The number of rotatable bonds is 3. The standard InChI is InChI=1S/C24H17FN8/c25-19-8-10-32(31-19)20-12-16(13-26)21-24(29-20)33(17-7-6-14-3-1-4-15(14)11-17)23(30-21)18-5-2-9-28-22(18)27/h2,5-12H,1,3-4H2,(H2,27,28). The Labute approximate surface area is 187 Å². The van der Waals surface area contributed by atoms with Gasteiger partial charge < -0.3 is 5.73 Å². The van der Waals surface area contributed by atoms with Crippen molar-refractivity contribution in [2.24, 2.45) is 0 Å². The Morgan fingerprint density at radius 1 is 1.06 bits per heavy atom. The molecular formula is C24H17FN8. The Balaban J connectivity index is 1.70. The van der Waals surface area contributed by atoms with Crippen molar-refractivity contribution in [2.75, 3.05) is 5.73 Å². The van der Waals surface area contributed by atoms with Crippen molar-refractivity contribution in [1.82, 2.24) is 29.3 Å². The van der Waals surface area contributed by atoms with E-state index >= 15 is 0 Å². The second kappa shape index (κ2) is 7.24. The van der Waals surface area contributed by atoms with Crippen molar-refractivity contribution in [3.8, 4) is 29.0 Å². The van der Waals surface area contributed by atoms with E-state index in [9.17, 15) is 9.65 Å². The van der Waals surface area contributed by atoms with E-state index < -0.39 is 5.95 Å². The van der Waals surface area contributed by atoms with Crippen LogP contribution in [0.4, 0.5) is 10.2 Å². The molecule has 4 aromatic heterocycles. The van der Waals surface area contributed by atoms with Gasteiger partial charge in [-0.25, -0.2) is 19.6 Å². The molecule has 0 unspecified atom stereocenters. The lowest BCUT2D eigenvalue weighted by Gasteiger charge is -2.12. The zero-order valence-electron chi connectivity index (χ0n) is 17.4. The number of nitriles is 1. The van der Waals surface area contributed by atoms with Gasteiger partial charge in [-0.05, 0) is 54.7 Å². The van der Waals surface area contributed by atoms with Crippen LogP contribution in [0.2, 0.25) is 0 Å². The fourth-order valence-electron chi connectivity index (χ4n) is 4.40. The third-order valence-electron chi connectivity index (χ3n) is 5.93. The zero-order chi connectivity index (χ0) is 22.5. The Kier molecular flexibility index (Phi) is 4.20. The molecule has 0 spiro atoms. The Morgan fingerprint density at radius 3 is 2.73 bits per heavy atom. The normalized spacial score (nSPS) is 12.7. The molecule has 1 aliphatic carbocycles. The zero-order valence-corrected chi connectivity index (χ0v) is 17.4. The van der Waals surface area contributed by atoms with Crippen LogP contribution >= 0.6 is 0 Å². The van der Waals surface area contributed by atoms with Crippen LogP contribution in [0.25, 0.3) is 34.1 Å². The Morgan fingerprint density at radius 2 is 1.94 bits per heavy atom. The predicted molar refractivity (Wildman–Crippen MR) is 120 cm³/mol. The first-order valence-electron chi connectivity index (χ1n) is 10.5. The molecule has 5 aromatic rings. The summed E-state index contributed by atoms with van der Waals surface area (Å²) in [5, 5.41) is 13.7. The number of imidazole rings is 1. The van der Waals surface area contributed by atoms with Gasteiger partial charge in [0.15, 0.2) is 17.3 Å². The summed E-state index contributed by atoms with van der Waals surface area (Å²) < 4.78 is 16.8. The number of benzene rings is 1. The summed E-state index contributed by atoms with van der Waals surface area (Å²) in [6.45, 7) is 0. The summed E-state index contributed by atoms with van der Waals surface area (Å²) in [5.74, 6) is 0.534. The topological polar surface area (TPSA) is 111 Å². The average molecular weight is 436 g/mol. The number of nitrogens with zero attached hydrogens (tertiary/aromatic N) is 7. The smallest absolute Gasteiger partial charge is 0.233 e. The van der Waals surface area contributed by atoms with Gasteiger partial charge in [-0.2, -0.15) is 9.65 Å². The van der Waals surface area contributed by atoms with E-state index in [0.29, 0.717) is 39.8 Å². The van der Waals surface area contributed by atoms with Crippen LogP contribution in [0, 0.1) is 17.3 Å². The summed E-state index contributed by atoms with van der Waals surface area (Å²) in [6, 6.07) is 14.9. The van der Waals surface area contributed by atoms with Gasteiger partial charge in [-0.3, -0.25) is 4.57 Å². The highest BCUT2D eigenvalue weighted by Crippen LogP contribution is 2.34. The number of aryl methyl sites for hydroxylation is 2. The monoisotopic (exact) mass is 436 g/mol. The van der Waals surface area contributed by atoms with Gasteiger partial charge in [-0.1, -0.05) is 6.07 Å². The van der Waals surface area contributed by atoms with Gasteiger partial charge in [0.1, 0.15) is 17.4 Å². The lowest BCUT2D eigenvalue weighted by Crippen LogP contribution is -2.05. The summed E-state index contributed by atoms with van der Waals surface area (Å²) in [6.07, 6.45) is 6.27. The molecule has 0 amide bonds. The first kappa shape index (κ1) is 19.1. The molecule has 1 aliphatic rings. The molecule has 0 saturated heterocycles. The van der Waals surface area contributed by atoms with E-state index in [-0.39, 0.29) is 0 Å². The van der Waals surface area contributed by atoms with E-state index in [1.807, 2.05) is 16.7 Å². The molecule has 0 fully saturated rings. The highest BCUT2D eigenvalue weighted by molar-refractivity contribution is 5.87. The summed E-state index contributed by atoms with van der Waals surface area (Å²) in [7, 11) is 0. The SMILES string of the molecule is N#Cc1cc(-n2ccc(F)n2)nc2c1nc(-c1cccnc1N)n2-c1ccc2c(c1)CCC2. The molecule has 9 heteroatoms. The largest absolute Gasteiger partial charge is 0.383 e. The van der Waals surface area contributed by atoms with Crippen LogP contribution < -0.4 is 5.73 Å². The molecular weight excluding hydrogens is 419 g/mol. The van der Waals surface area contributed by atoms with Crippen molar-refractivity contribution >= 4 is 17.0 Å². The molecule has 0 radical (unpaired) electrons. The number of fused-ring (bicyclic) bond motifs is 2. The number of aromatic nitrogens is 6. The van der Waals surface area contributed by atoms with Gasteiger partial charge in [-0.15, -0.1) is 5.10 Å². The maximum Gasteiger partial charge on any atom is 0.233 e. The lowest BCUT2D eigenvalue weighted by molar-refractivity contribution is 0.565. The molecule has 0 atom stereocenters. The number of anilines is 1. The molecule has 0 saturated carbocycles. The van der Waals surface area contributed by atoms with Crippen molar-refractivity contribution in [1.29, 1.82) is 5.26 Å².